The maximum absolute atomic E-state index is 14.3. The van der Waals surface area contributed by atoms with E-state index in [1.54, 1.807) is 13.8 Å². The number of likely N-dealkylation sites (tertiary alicyclic amines) is 2. The smallest absolute Gasteiger partial charge is 0.267 e. The minimum absolute atomic E-state index is 0.0229. The van der Waals surface area contributed by atoms with Crippen molar-refractivity contribution in [3.05, 3.63) is 0 Å². The van der Waals surface area contributed by atoms with E-state index in [-0.39, 0.29) is 50.1 Å². The molecule has 0 aromatic heterocycles. The summed E-state index contributed by atoms with van der Waals surface area (Å²) in [5.41, 5.74) is 20.9. The van der Waals surface area contributed by atoms with Crippen LogP contribution < -0.4 is 28.3 Å². The number of hydrogen-bond acceptors (Lipinski definition) is 11. The number of aliphatic imine (C=N–C) groups is 1. The zero-order valence-electron chi connectivity index (χ0n) is 27.8. The lowest BCUT2D eigenvalue weighted by molar-refractivity contribution is -0.169. The summed E-state index contributed by atoms with van der Waals surface area (Å²) < 4.78 is 10.5. The second kappa shape index (κ2) is 14.5. The number of rotatable bonds is 17. The van der Waals surface area contributed by atoms with Crippen LogP contribution in [0.1, 0.15) is 66.2 Å². The summed E-state index contributed by atoms with van der Waals surface area (Å²) in [7, 11) is 0. The number of amides is 5. The molecule has 0 bridgehead atoms. The number of carbonyl (C=O) groups excluding carboxylic acids is 6. The van der Waals surface area contributed by atoms with Gasteiger partial charge in [0.25, 0.3) is 23.6 Å². The van der Waals surface area contributed by atoms with Crippen LogP contribution in [0.2, 0.25) is 0 Å². The third-order valence-electron chi connectivity index (χ3n) is 8.78. The van der Waals surface area contributed by atoms with Crippen LogP contribution in [0.5, 0.6) is 0 Å². The first-order chi connectivity index (χ1) is 22.5. The molecule has 18 nitrogen and oxygen atoms in total. The molecule has 1 unspecified atom stereocenters. The van der Waals surface area contributed by atoms with Gasteiger partial charge in [-0.3, -0.25) is 44.1 Å². The van der Waals surface area contributed by atoms with E-state index in [1.165, 1.54) is 4.90 Å². The highest BCUT2D eigenvalue weighted by molar-refractivity contribution is 6.15. The minimum atomic E-state index is -2.06. The Morgan fingerprint density at radius 1 is 0.938 bits per heavy atom. The summed E-state index contributed by atoms with van der Waals surface area (Å²) >= 11 is 0. The van der Waals surface area contributed by atoms with Gasteiger partial charge in [0.2, 0.25) is 11.6 Å². The van der Waals surface area contributed by atoms with E-state index in [1.807, 2.05) is 13.8 Å². The van der Waals surface area contributed by atoms with E-state index in [2.05, 4.69) is 10.3 Å². The fraction of sp³-hybridized carbons (Fsp3) is 0.733. The number of fused-ring (bicyclic) bond motifs is 2. The second-order valence-electron chi connectivity index (χ2n) is 13.5. The molecule has 4 aliphatic heterocycles. The molecule has 0 aromatic carbocycles. The molecule has 7 atom stereocenters. The summed E-state index contributed by atoms with van der Waals surface area (Å²) in [4.78, 5) is 87.8. The van der Waals surface area contributed by atoms with Crippen molar-refractivity contribution in [2.45, 2.75) is 108 Å². The van der Waals surface area contributed by atoms with Crippen LogP contribution in [-0.2, 0) is 38.2 Å². The maximum Gasteiger partial charge on any atom is 0.267 e. The van der Waals surface area contributed by atoms with Gasteiger partial charge in [0.15, 0.2) is 42.1 Å². The molecule has 48 heavy (non-hydrogen) atoms. The van der Waals surface area contributed by atoms with Crippen LogP contribution >= 0.6 is 0 Å². The number of Topliss-reactive ketones (excluding diaryl/α,β-unsaturated/α-hetero) is 1. The molecule has 4 aliphatic rings. The molecule has 5 amide bonds. The van der Waals surface area contributed by atoms with Gasteiger partial charge in [-0.15, -0.1) is 0 Å². The van der Waals surface area contributed by atoms with Gasteiger partial charge in [-0.2, -0.15) is 0 Å². The fourth-order valence-corrected chi connectivity index (χ4v) is 6.60. The van der Waals surface area contributed by atoms with E-state index in [0.717, 1.165) is 9.80 Å². The fourth-order valence-electron chi connectivity index (χ4n) is 6.60. The Bertz CT molecular complexity index is 1350. The molecule has 4 rings (SSSR count). The molecule has 4 heterocycles. The Hall–Kier alpha value is -4.16. The number of unbranched alkanes of at least 4 members (excludes halogenated alkanes) is 1. The van der Waals surface area contributed by atoms with E-state index in [0.29, 0.717) is 25.8 Å². The average molecular weight is 677 g/mol. The van der Waals surface area contributed by atoms with Gasteiger partial charge in [-0.25, -0.2) is 4.90 Å². The lowest BCUT2D eigenvalue weighted by Crippen LogP contribution is -2.73. The molecule has 18 heteroatoms. The van der Waals surface area contributed by atoms with Gasteiger partial charge in [-0.1, -0.05) is 27.7 Å². The third-order valence-corrected chi connectivity index (χ3v) is 8.78. The highest BCUT2D eigenvalue weighted by Gasteiger charge is 2.69. The molecule has 4 fully saturated rings. The van der Waals surface area contributed by atoms with Crippen molar-refractivity contribution in [3.8, 4) is 0 Å². The Labute approximate surface area is 278 Å². The summed E-state index contributed by atoms with van der Waals surface area (Å²) in [6.45, 7) is 7.61. The molecular weight excluding hydrogens is 628 g/mol. The first-order valence-corrected chi connectivity index (χ1v) is 16.3. The first kappa shape index (κ1) is 36.7. The molecule has 0 spiro atoms. The number of piperidine rings is 1. The standard InChI is InChI=1S/C30H48N10O8/c1-14(2)12-16(31)23(42)39-17(18(41)19-20(47-19)24(39)43)8-7-11-38(29(34)35)30(13-15(3)4,40-25(44)21-22(48-21)26(40)45)27(46)36-9-5-6-10-37-28(32)33/h14-17,19-22H,5-13,31H2,1-4H3,(H3,34,35)(H,36,46)(H4,32,33,37)/t16-,17?,19+,20-,21-,22-,30+/m0/s1. The first-order valence-electron chi connectivity index (χ1n) is 16.3. The second-order valence-corrected chi connectivity index (χ2v) is 13.5. The molecule has 4 saturated heterocycles. The minimum Gasteiger partial charge on any atom is -0.370 e. The van der Waals surface area contributed by atoms with E-state index < -0.39 is 83.4 Å². The van der Waals surface area contributed by atoms with E-state index >= 15 is 0 Å². The van der Waals surface area contributed by atoms with Crippen molar-refractivity contribution in [2.24, 2.45) is 39.8 Å². The Balaban J connectivity index is 1.60. The van der Waals surface area contributed by atoms with Crippen LogP contribution in [0.15, 0.2) is 4.99 Å². The molecule has 0 radical (unpaired) electrons. The predicted molar refractivity (Wildman–Crippen MR) is 170 cm³/mol. The number of carbonyl (C=O) groups is 6. The SMILES string of the molecule is CC(C)C[C@H](N)C(=O)N1C(=O)[C@H]2O[C@@H]2C(=O)C1CCCN(C(=N)N)[C@@](CC(C)C)(C(=O)NCCCCN=C(N)N)N1C(=O)[C@H]2O[C@@H]2C1=O. The van der Waals surface area contributed by atoms with Gasteiger partial charge >= 0.3 is 0 Å². The zero-order valence-corrected chi connectivity index (χ0v) is 27.8. The Morgan fingerprint density at radius 3 is 2.10 bits per heavy atom. The molecule has 0 aliphatic carbocycles. The van der Waals surface area contributed by atoms with Crippen molar-refractivity contribution in [1.29, 1.82) is 5.41 Å². The van der Waals surface area contributed by atoms with Crippen LogP contribution in [0.25, 0.3) is 0 Å². The molecule has 0 aromatic rings. The lowest BCUT2D eigenvalue weighted by Gasteiger charge is -2.48. The number of hydrogen-bond donors (Lipinski definition) is 6. The summed E-state index contributed by atoms with van der Waals surface area (Å²) in [5.74, 6) is -4.85. The van der Waals surface area contributed by atoms with Gasteiger partial charge in [-0.05, 0) is 43.9 Å². The number of nitrogens with one attached hydrogen (secondary N) is 2. The number of ketones is 1. The van der Waals surface area contributed by atoms with Gasteiger partial charge < -0.3 is 42.6 Å². The van der Waals surface area contributed by atoms with Gasteiger partial charge in [0.1, 0.15) is 6.04 Å². The van der Waals surface area contributed by atoms with Crippen molar-refractivity contribution in [1.82, 2.24) is 20.0 Å². The normalized spacial score (nSPS) is 26.2. The summed E-state index contributed by atoms with van der Waals surface area (Å²) in [6.07, 6.45) is -2.90. The highest BCUT2D eigenvalue weighted by Crippen LogP contribution is 2.42. The van der Waals surface area contributed by atoms with Crippen LogP contribution in [-0.4, -0.2) is 124 Å². The predicted octanol–water partition coefficient (Wildman–Crippen LogP) is -2.54. The largest absolute Gasteiger partial charge is 0.370 e. The number of ether oxygens (including phenoxy) is 2. The number of epoxide rings is 2. The zero-order chi connectivity index (χ0) is 35.7. The van der Waals surface area contributed by atoms with Crippen molar-refractivity contribution < 1.29 is 38.2 Å². The highest BCUT2D eigenvalue weighted by atomic mass is 16.6. The van der Waals surface area contributed by atoms with Crippen molar-refractivity contribution in [3.63, 3.8) is 0 Å². The third kappa shape index (κ3) is 7.29. The molecule has 266 valence electrons. The number of nitrogens with zero attached hydrogens (tertiary/aromatic N) is 4. The number of imide groups is 2. The Morgan fingerprint density at radius 2 is 1.54 bits per heavy atom. The summed E-state index contributed by atoms with van der Waals surface area (Å²) in [5, 5.41) is 11.4. The monoisotopic (exact) mass is 676 g/mol. The van der Waals surface area contributed by atoms with Gasteiger partial charge in [0.05, 0.1) is 6.04 Å². The number of morpholine rings is 1. The molecule has 10 N–H and O–H groups in total. The Kier molecular flexibility index (Phi) is 11.1. The lowest BCUT2D eigenvalue weighted by atomic mass is 9.90. The van der Waals surface area contributed by atoms with Crippen LogP contribution in [0.4, 0.5) is 0 Å². The van der Waals surface area contributed by atoms with E-state index in [9.17, 15) is 28.8 Å². The number of guanidine groups is 2. The molecular formula is C30H48N10O8. The van der Waals surface area contributed by atoms with Crippen LogP contribution in [0, 0.1) is 17.2 Å². The maximum atomic E-state index is 14.3. The van der Waals surface area contributed by atoms with Gasteiger partial charge in [0, 0.05) is 26.1 Å². The molecule has 0 saturated carbocycles. The quantitative estimate of drug-likeness (QED) is 0.0305. The summed E-state index contributed by atoms with van der Waals surface area (Å²) in [6, 6.07) is -2.22. The topological polar surface area (TPSA) is 290 Å². The van der Waals surface area contributed by atoms with Crippen molar-refractivity contribution >= 4 is 47.2 Å². The van der Waals surface area contributed by atoms with Crippen molar-refractivity contribution in [2.75, 3.05) is 19.6 Å². The average Bonchev–Trinajstić information content (AvgIpc) is 3.91. The number of nitrogens with two attached hydrogens (primary N) is 4. The van der Waals surface area contributed by atoms with Crippen LogP contribution in [0.3, 0.4) is 0 Å². The van der Waals surface area contributed by atoms with E-state index in [4.69, 9.17) is 37.8 Å².